The Labute approximate surface area is 121 Å². The predicted molar refractivity (Wildman–Crippen MR) is 75.6 cm³/mol. The molecule has 9 nitrogen and oxygen atoms in total. The van der Waals surface area contributed by atoms with Crippen LogP contribution >= 0.6 is 0 Å². The molecular formula is C12H17N5O4. The first-order chi connectivity index (χ1) is 10.0. The standard InChI is InChI=1S/C12H17N5O4/c1-16(9-2-4-21-5-3-9)12-10(17(19)20)6-8(7-14-12)11(13)15-18/h6-7,9,18H,2-5H2,1H3,(H2,13,15). The summed E-state index contributed by atoms with van der Waals surface area (Å²) in [6.07, 6.45) is 2.93. The van der Waals surface area contributed by atoms with Crippen LogP contribution in [0, 0.1) is 10.1 Å². The van der Waals surface area contributed by atoms with E-state index >= 15 is 0 Å². The molecule has 1 saturated heterocycles. The molecule has 0 saturated carbocycles. The molecule has 2 rings (SSSR count). The van der Waals surface area contributed by atoms with Crippen molar-refractivity contribution in [2.24, 2.45) is 10.9 Å². The molecule has 1 aromatic heterocycles. The number of nitrogens with two attached hydrogens (primary N) is 1. The van der Waals surface area contributed by atoms with E-state index in [1.54, 1.807) is 11.9 Å². The van der Waals surface area contributed by atoms with Crippen molar-refractivity contribution < 1.29 is 14.9 Å². The number of rotatable bonds is 4. The van der Waals surface area contributed by atoms with Gasteiger partial charge in [-0.15, -0.1) is 0 Å². The molecule has 0 amide bonds. The zero-order valence-electron chi connectivity index (χ0n) is 11.6. The summed E-state index contributed by atoms with van der Waals surface area (Å²) < 4.78 is 5.29. The molecule has 1 aliphatic heterocycles. The smallest absolute Gasteiger partial charge is 0.312 e. The zero-order chi connectivity index (χ0) is 15.4. The van der Waals surface area contributed by atoms with Crippen LogP contribution in [0.25, 0.3) is 0 Å². The van der Waals surface area contributed by atoms with Crippen LogP contribution in [0.15, 0.2) is 17.4 Å². The van der Waals surface area contributed by atoms with Gasteiger partial charge in [-0.25, -0.2) is 4.98 Å². The molecule has 1 fully saturated rings. The fraction of sp³-hybridized carbons (Fsp3) is 0.500. The maximum atomic E-state index is 11.2. The van der Waals surface area contributed by atoms with E-state index in [-0.39, 0.29) is 28.9 Å². The lowest BCUT2D eigenvalue weighted by molar-refractivity contribution is -0.384. The van der Waals surface area contributed by atoms with Gasteiger partial charge in [0, 0.05) is 44.1 Å². The molecule has 0 aromatic carbocycles. The third kappa shape index (κ3) is 3.19. The zero-order valence-corrected chi connectivity index (χ0v) is 11.6. The Bertz CT molecular complexity index is 557. The van der Waals surface area contributed by atoms with Crippen molar-refractivity contribution in [3.05, 3.63) is 27.9 Å². The molecule has 1 aliphatic rings. The van der Waals surface area contributed by atoms with E-state index in [0.717, 1.165) is 12.8 Å². The fourth-order valence-electron chi connectivity index (χ4n) is 2.30. The highest BCUT2D eigenvalue weighted by Gasteiger charge is 2.26. The van der Waals surface area contributed by atoms with E-state index in [1.165, 1.54) is 12.3 Å². The van der Waals surface area contributed by atoms with Crippen molar-refractivity contribution in [2.75, 3.05) is 25.2 Å². The molecular weight excluding hydrogens is 278 g/mol. The van der Waals surface area contributed by atoms with Gasteiger partial charge in [-0.1, -0.05) is 5.16 Å². The minimum absolute atomic E-state index is 0.139. The molecule has 3 N–H and O–H groups in total. The molecule has 114 valence electrons. The largest absolute Gasteiger partial charge is 0.409 e. The van der Waals surface area contributed by atoms with Gasteiger partial charge in [0.1, 0.15) is 0 Å². The van der Waals surface area contributed by atoms with Crippen molar-refractivity contribution in [3.8, 4) is 0 Å². The van der Waals surface area contributed by atoms with Crippen LogP contribution in [0.2, 0.25) is 0 Å². The van der Waals surface area contributed by atoms with Crippen LogP contribution in [-0.2, 0) is 4.74 Å². The summed E-state index contributed by atoms with van der Waals surface area (Å²) in [4.78, 5) is 16.6. The number of ether oxygens (including phenoxy) is 1. The summed E-state index contributed by atoms with van der Waals surface area (Å²) >= 11 is 0. The van der Waals surface area contributed by atoms with Gasteiger partial charge in [-0.05, 0) is 12.8 Å². The van der Waals surface area contributed by atoms with Gasteiger partial charge in [0.15, 0.2) is 5.84 Å². The molecule has 0 aliphatic carbocycles. The second kappa shape index (κ2) is 6.35. The second-order valence-electron chi connectivity index (χ2n) is 4.76. The molecule has 0 spiro atoms. The first-order valence-electron chi connectivity index (χ1n) is 6.47. The average Bonchev–Trinajstić information content (AvgIpc) is 2.53. The minimum atomic E-state index is -0.522. The van der Waals surface area contributed by atoms with Crippen molar-refractivity contribution in [1.82, 2.24) is 4.98 Å². The first kappa shape index (κ1) is 15.0. The number of nitrogens with zero attached hydrogens (tertiary/aromatic N) is 4. The van der Waals surface area contributed by atoms with Crippen molar-refractivity contribution in [1.29, 1.82) is 0 Å². The summed E-state index contributed by atoms with van der Waals surface area (Å²) in [5.41, 5.74) is 5.47. The number of nitro groups is 1. The predicted octanol–water partition coefficient (Wildman–Crippen LogP) is 0.699. The van der Waals surface area contributed by atoms with Crippen LogP contribution in [-0.4, -0.2) is 47.3 Å². The van der Waals surface area contributed by atoms with Crippen molar-refractivity contribution in [3.63, 3.8) is 0 Å². The number of aromatic nitrogens is 1. The molecule has 0 radical (unpaired) electrons. The Kier molecular flexibility index (Phi) is 4.53. The van der Waals surface area contributed by atoms with E-state index in [2.05, 4.69) is 10.1 Å². The fourth-order valence-corrected chi connectivity index (χ4v) is 2.30. The van der Waals surface area contributed by atoms with Gasteiger partial charge in [-0.3, -0.25) is 10.1 Å². The average molecular weight is 295 g/mol. The number of hydrogen-bond acceptors (Lipinski definition) is 7. The van der Waals surface area contributed by atoms with Gasteiger partial charge < -0.3 is 20.6 Å². The Balaban J connectivity index is 2.35. The maximum absolute atomic E-state index is 11.2. The van der Waals surface area contributed by atoms with Crippen molar-refractivity contribution >= 4 is 17.3 Å². The molecule has 21 heavy (non-hydrogen) atoms. The van der Waals surface area contributed by atoms with Gasteiger partial charge >= 0.3 is 5.69 Å². The number of pyridine rings is 1. The second-order valence-corrected chi connectivity index (χ2v) is 4.76. The number of oxime groups is 1. The highest BCUT2D eigenvalue weighted by atomic mass is 16.6. The summed E-state index contributed by atoms with van der Waals surface area (Å²) in [5.74, 6) is 0.0484. The maximum Gasteiger partial charge on any atom is 0.312 e. The van der Waals surface area contributed by atoms with Crippen molar-refractivity contribution in [2.45, 2.75) is 18.9 Å². The van der Waals surface area contributed by atoms with Crippen LogP contribution < -0.4 is 10.6 Å². The summed E-state index contributed by atoms with van der Waals surface area (Å²) in [6, 6.07) is 1.40. The Morgan fingerprint density at radius 1 is 1.62 bits per heavy atom. The Hall–Kier alpha value is -2.42. The topological polar surface area (TPSA) is 127 Å². The van der Waals surface area contributed by atoms with Gasteiger partial charge in [0.25, 0.3) is 0 Å². The van der Waals surface area contributed by atoms with E-state index in [9.17, 15) is 10.1 Å². The third-order valence-electron chi connectivity index (χ3n) is 3.52. The molecule has 0 unspecified atom stereocenters. The molecule has 0 bridgehead atoms. The highest BCUT2D eigenvalue weighted by molar-refractivity contribution is 5.97. The molecule has 0 atom stereocenters. The molecule has 2 heterocycles. The third-order valence-corrected chi connectivity index (χ3v) is 3.52. The highest BCUT2D eigenvalue weighted by Crippen LogP contribution is 2.29. The number of amidine groups is 1. The summed E-state index contributed by atoms with van der Waals surface area (Å²) in [7, 11) is 1.77. The monoisotopic (exact) mass is 295 g/mol. The van der Waals surface area contributed by atoms with Crippen LogP contribution in [0.1, 0.15) is 18.4 Å². The first-order valence-corrected chi connectivity index (χ1v) is 6.47. The van der Waals surface area contributed by atoms with Crippen LogP contribution in [0.4, 0.5) is 11.5 Å². The number of anilines is 1. The van der Waals surface area contributed by atoms with Gasteiger partial charge in [0.05, 0.1) is 4.92 Å². The Morgan fingerprint density at radius 2 is 2.29 bits per heavy atom. The quantitative estimate of drug-likeness (QED) is 0.275. The van der Waals surface area contributed by atoms with Gasteiger partial charge in [-0.2, -0.15) is 0 Å². The number of hydrogen-bond donors (Lipinski definition) is 2. The van der Waals surface area contributed by atoms with E-state index in [4.69, 9.17) is 15.7 Å². The minimum Gasteiger partial charge on any atom is -0.409 e. The summed E-state index contributed by atoms with van der Waals surface area (Å²) in [6.45, 7) is 1.26. The lowest BCUT2D eigenvalue weighted by atomic mass is 10.1. The van der Waals surface area contributed by atoms with E-state index < -0.39 is 4.92 Å². The normalized spacial score (nSPS) is 16.7. The van der Waals surface area contributed by atoms with Gasteiger partial charge in [0.2, 0.25) is 5.82 Å². The molecule has 1 aromatic rings. The summed E-state index contributed by atoms with van der Waals surface area (Å²) in [5, 5.41) is 22.7. The van der Waals surface area contributed by atoms with E-state index in [0.29, 0.717) is 13.2 Å². The van der Waals surface area contributed by atoms with Crippen LogP contribution in [0.3, 0.4) is 0 Å². The molecule has 9 heteroatoms. The lowest BCUT2D eigenvalue weighted by Gasteiger charge is -2.31. The SMILES string of the molecule is CN(c1ncc(C(N)=NO)cc1[N+](=O)[O-])C1CCOCC1. The van der Waals surface area contributed by atoms with E-state index in [1.807, 2.05) is 0 Å². The lowest BCUT2D eigenvalue weighted by Crippen LogP contribution is -2.37. The Morgan fingerprint density at radius 3 is 2.86 bits per heavy atom. The van der Waals surface area contributed by atoms with Crippen LogP contribution in [0.5, 0.6) is 0 Å².